The number of hydrogen-bond acceptors (Lipinski definition) is 3. The molecule has 3 nitrogen and oxygen atoms in total. The van der Waals surface area contributed by atoms with Crippen LogP contribution in [0.2, 0.25) is 0 Å². The van der Waals surface area contributed by atoms with Crippen LogP contribution in [-0.4, -0.2) is 19.8 Å². The average Bonchev–Trinajstić information content (AvgIpc) is 2.34. The zero-order valence-electron chi connectivity index (χ0n) is 9.73. The lowest BCUT2D eigenvalue weighted by Gasteiger charge is -2.10. The van der Waals surface area contributed by atoms with E-state index in [1.807, 2.05) is 6.92 Å². The van der Waals surface area contributed by atoms with Gasteiger partial charge in [0.25, 0.3) is 0 Å². The SMILES string of the molecule is C#CCOc1cc(OCC)cc(OCC#C)c1. The third kappa shape index (κ3) is 4.40. The van der Waals surface area contributed by atoms with Crippen LogP contribution in [0.5, 0.6) is 17.2 Å². The van der Waals surface area contributed by atoms with E-state index >= 15 is 0 Å². The van der Waals surface area contributed by atoms with Gasteiger partial charge >= 0.3 is 0 Å². The molecular formula is C14H14O3. The van der Waals surface area contributed by atoms with Crippen LogP contribution in [0.4, 0.5) is 0 Å². The highest BCUT2D eigenvalue weighted by atomic mass is 16.5. The van der Waals surface area contributed by atoms with E-state index in [-0.39, 0.29) is 13.2 Å². The van der Waals surface area contributed by atoms with Crippen molar-refractivity contribution < 1.29 is 14.2 Å². The fourth-order valence-corrected chi connectivity index (χ4v) is 1.21. The first-order valence-corrected chi connectivity index (χ1v) is 5.20. The van der Waals surface area contributed by atoms with E-state index in [0.717, 1.165) is 0 Å². The predicted molar refractivity (Wildman–Crippen MR) is 66.3 cm³/mol. The van der Waals surface area contributed by atoms with E-state index in [1.165, 1.54) is 0 Å². The van der Waals surface area contributed by atoms with Crippen molar-refractivity contribution in [3.63, 3.8) is 0 Å². The monoisotopic (exact) mass is 230 g/mol. The molecule has 0 spiro atoms. The quantitative estimate of drug-likeness (QED) is 0.700. The summed E-state index contributed by atoms with van der Waals surface area (Å²) < 4.78 is 16.0. The minimum atomic E-state index is 0.199. The second-order valence-corrected chi connectivity index (χ2v) is 3.06. The van der Waals surface area contributed by atoms with Gasteiger partial charge in [-0.15, -0.1) is 12.8 Å². The third-order valence-electron chi connectivity index (χ3n) is 1.81. The molecule has 0 aromatic heterocycles. The van der Waals surface area contributed by atoms with Gasteiger partial charge in [-0.3, -0.25) is 0 Å². The Hall–Kier alpha value is -2.26. The van der Waals surface area contributed by atoms with Crippen molar-refractivity contribution in [2.45, 2.75) is 6.92 Å². The van der Waals surface area contributed by atoms with Crippen LogP contribution < -0.4 is 14.2 Å². The lowest BCUT2D eigenvalue weighted by atomic mass is 10.3. The molecule has 1 rings (SSSR count). The van der Waals surface area contributed by atoms with Crippen molar-refractivity contribution in [3.05, 3.63) is 18.2 Å². The Morgan fingerprint density at radius 3 is 1.65 bits per heavy atom. The molecular weight excluding hydrogens is 216 g/mol. The molecule has 0 saturated heterocycles. The molecule has 0 bridgehead atoms. The largest absolute Gasteiger partial charge is 0.494 e. The van der Waals surface area contributed by atoms with E-state index < -0.39 is 0 Å². The van der Waals surface area contributed by atoms with E-state index in [9.17, 15) is 0 Å². The van der Waals surface area contributed by atoms with E-state index in [1.54, 1.807) is 18.2 Å². The lowest BCUT2D eigenvalue weighted by molar-refractivity contribution is 0.321. The molecule has 0 N–H and O–H groups in total. The maximum Gasteiger partial charge on any atom is 0.148 e. The maximum absolute atomic E-state index is 5.38. The molecule has 17 heavy (non-hydrogen) atoms. The molecule has 0 saturated carbocycles. The molecule has 0 amide bonds. The van der Waals surface area contributed by atoms with Crippen LogP contribution in [-0.2, 0) is 0 Å². The van der Waals surface area contributed by atoms with Gasteiger partial charge < -0.3 is 14.2 Å². The van der Waals surface area contributed by atoms with Crippen LogP contribution in [0.25, 0.3) is 0 Å². The number of terminal acetylenes is 2. The Bertz CT molecular complexity index is 402. The number of rotatable bonds is 6. The van der Waals surface area contributed by atoms with Gasteiger partial charge in [-0.2, -0.15) is 0 Å². The summed E-state index contributed by atoms with van der Waals surface area (Å²) in [5.41, 5.74) is 0. The van der Waals surface area contributed by atoms with Crippen LogP contribution >= 0.6 is 0 Å². The Morgan fingerprint density at radius 2 is 1.29 bits per heavy atom. The molecule has 88 valence electrons. The van der Waals surface area contributed by atoms with Crippen LogP contribution in [0, 0.1) is 24.7 Å². The van der Waals surface area contributed by atoms with E-state index in [0.29, 0.717) is 23.9 Å². The molecule has 0 unspecified atom stereocenters. The van der Waals surface area contributed by atoms with Crippen molar-refractivity contribution in [1.82, 2.24) is 0 Å². The number of benzene rings is 1. The van der Waals surface area contributed by atoms with Crippen molar-refractivity contribution in [1.29, 1.82) is 0 Å². The lowest BCUT2D eigenvalue weighted by Crippen LogP contribution is -1.99. The smallest absolute Gasteiger partial charge is 0.148 e. The van der Waals surface area contributed by atoms with Crippen molar-refractivity contribution >= 4 is 0 Å². The highest BCUT2D eigenvalue weighted by Crippen LogP contribution is 2.27. The molecule has 0 atom stereocenters. The first-order chi connectivity index (χ1) is 8.30. The van der Waals surface area contributed by atoms with Gasteiger partial charge in [-0.25, -0.2) is 0 Å². The Morgan fingerprint density at radius 1 is 0.882 bits per heavy atom. The minimum Gasteiger partial charge on any atom is -0.494 e. The highest BCUT2D eigenvalue weighted by Gasteiger charge is 2.03. The van der Waals surface area contributed by atoms with Gasteiger partial charge in [-0.05, 0) is 6.92 Å². The summed E-state index contributed by atoms with van der Waals surface area (Å²) in [6.45, 7) is 2.86. The molecule has 0 aliphatic rings. The molecule has 0 heterocycles. The summed E-state index contributed by atoms with van der Waals surface area (Å²) in [5.74, 6) is 6.65. The van der Waals surface area contributed by atoms with Gasteiger partial charge in [0.2, 0.25) is 0 Å². The van der Waals surface area contributed by atoms with Crippen LogP contribution in [0.15, 0.2) is 18.2 Å². The Labute approximate surface area is 102 Å². The van der Waals surface area contributed by atoms with Crippen molar-refractivity contribution in [3.8, 4) is 41.9 Å². The van der Waals surface area contributed by atoms with Crippen LogP contribution in [0.3, 0.4) is 0 Å². The van der Waals surface area contributed by atoms with E-state index in [4.69, 9.17) is 27.1 Å². The second kappa shape index (κ2) is 7.09. The summed E-state index contributed by atoms with van der Waals surface area (Å²) in [6.07, 6.45) is 10.3. The topological polar surface area (TPSA) is 27.7 Å². The van der Waals surface area contributed by atoms with Gasteiger partial charge in [0.1, 0.15) is 30.5 Å². The Balaban J connectivity index is 2.85. The first-order valence-electron chi connectivity index (χ1n) is 5.20. The van der Waals surface area contributed by atoms with Crippen molar-refractivity contribution in [2.75, 3.05) is 19.8 Å². The zero-order chi connectivity index (χ0) is 12.5. The second-order valence-electron chi connectivity index (χ2n) is 3.06. The third-order valence-corrected chi connectivity index (χ3v) is 1.81. The predicted octanol–water partition coefficient (Wildman–Crippen LogP) is 2.11. The van der Waals surface area contributed by atoms with Crippen LogP contribution in [0.1, 0.15) is 6.92 Å². The molecule has 1 aromatic rings. The van der Waals surface area contributed by atoms with Crippen molar-refractivity contribution in [2.24, 2.45) is 0 Å². The highest BCUT2D eigenvalue weighted by molar-refractivity contribution is 5.42. The zero-order valence-corrected chi connectivity index (χ0v) is 9.73. The average molecular weight is 230 g/mol. The normalized spacial score (nSPS) is 8.88. The molecule has 0 radical (unpaired) electrons. The standard InChI is InChI=1S/C14H14O3/c1-4-7-16-13-9-12(15-6-3)10-14(11-13)17-8-5-2/h1-2,9-11H,6-8H2,3H3. The van der Waals surface area contributed by atoms with Gasteiger partial charge in [0.05, 0.1) is 6.61 Å². The summed E-state index contributed by atoms with van der Waals surface area (Å²) >= 11 is 0. The fraction of sp³-hybridized carbons (Fsp3) is 0.286. The Kier molecular flexibility index (Phi) is 5.34. The molecule has 1 aromatic carbocycles. The minimum absolute atomic E-state index is 0.199. The summed E-state index contributed by atoms with van der Waals surface area (Å²) in [6, 6.07) is 5.23. The molecule has 0 aliphatic heterocycles. The summed E-state index contributed by atoms with van der Waals surface area (Å²) in [4.78, 5) is 0. The number of ether oxygens (including phenoxy) is 3. The van der Waals surface area contributed by atoms with Gasteiger partial charge in [-0.1, -0.05) is 11.8 Å². The van der Waals surface area contributed by atoms with E-state index in [2.05, 4.69) is 11.8 Å². The fourth-order valence-electron chi connectivity index (χ4n) is 1.21. The molecule has 3 heteroatoms. The summed E-state index contributed by atoms with van der Waals surface area (Å²) in [5, 5.41) is 0. The maximum atomic E-state index is 5.38. The first kappa shape index (κ1) is 12.8. The molecule has 0 aliphatic carbocycles. The van der Waals surface area contributed by atoms with Gasteiger partial charge in [0.15, 0.2) is 0 Å². The number of hydrogen-bond donors (Lipinski definition) is 0. The summed E-state index contributed by atoms with van der Waals surface area (Å²) in [7, 11) is 0. The molecule has 0 fully saturated rings. The van der Waals surface area contributed by atoms with Gasteiger partial charge in [0, 0.05) is 18.2 Å².